The average molecular weight is 462 g/mol. The second-order valence-electron chi connectivity index (χ2n) is 7.99. The van der Waals surface area contributed by atoms with Gasteiger partial charge in [-0.15, -0.1) is 0 Å². The Morgan fingerprint density at radius 3 is 2.24 bits per heavy atom. The first kappa shape index (κ1) is 24.8. The predicted octanol–water partition coefficient (Wildman–Crippen LogP) is 5.43. The van der Waals surface area contributed by atoms with Crippen molar-refractivity contribution in [3.8, 4) is 11.5 Å². The van der Waals surface area contributed by atoms with Gasteiger partial charge in [0.2, 0.25) is 0 Å². The van der Waals surface area contributed by atoms with E-state index in [1.54, 1.807) is 39.2 Å². The number of carbonyl (C=O) groups excluding carboxylic acids is 2. The van der Waals surface area contributed by atoms with Crippen molar-refractivity contribution < 1.29 is 23.8 Å². The van der Waals surface area contributed by atoms with Gasteiger partial charge in [0.25, 0.3) is 5.91 Å². The maximum Gasteiger partial charge on any atom is 0.305 e. The van der Waals surface area contributed by atoms with Crippen molar-refractivity contribution >= 4 is 11.9 Å². The van der Waals surface area contributed by atoms with E-state index in [9.17, 15) is 9.59 Å². The van der Waals surface area contributed by atoms with E-state index in [0.717, 1.165) is 11.1 Å². The predicted molar refractivity (Wildman–Crippen MR) is 131 cm³/mol. The number of esters is 1. The normalized spacial score (nSPS) is 11.4. The fourth-order valence-corrected chi connectivity index (χ4v) is 3.45. The lowest BCUT2D eigenvalue weighted by atomic mass is 10.0. The van der Waals surface area contributed by atoms with E-state index in [1.807, 2.05) is 60.7 Å². The van der Waals surface area contributed by atoms with Gasteiger partial charge in [0.05, 0.1) is 12.2 Å². The first-order valence-corrected chi connectivity index (χ1v) is 11.4. The van der Waals surface area contributed by atoms with Crippen LogP contribution in [0.25, 0.3) is 0 Å². The molecule has 0 aliphatic carbocycles. The lowest BCUT2D eigenvalue weighted by Crippen LogP contribution is -2.23. The zero-order chi connectivity index (χ0) is 24.3. The summed E-state index contributed by atoms with van der Waals surface area (Å²) in [6.07, 6.45) is 0.172. The Labute approximate surface area is 201 Å². The van der Waals surface area contributed by atoms with E-state index in [1.165, 1.54) is 4.90 Å². The van der Waals surface area contributed by atoms with Gasteiger partial charge in [0, 0.05) is 26.6 Å². The van der Waals surface area contributed by atoms with Gasteiger partial charge in [0.1, 0.15) is 24.2 Å². The highest BCUT2D eigenvalue weighted by Gasteiger charge is 2.21. The number of amides is 1. The first-order valence-electron chi connectivity index (χ1n) is 11.4. The molecule has 0 saturated heterocycles. The van der Waals surface area contributed by atoms with Crippen LogP contribution in [0.2, 0.25) is 0 Å². The smallest absolute Gasteiger partial charge is 0.305 e. The molecule has 0 radical (unpaired) electrons. The lowest BCUT2D eigenvalue weighted by molar-refractivity contribution is -0.143. The molecule has 0 aliphatic rings. The quantitative estimate of drug-likeness (QED) is 0.356. The summed E-state index contributed by atoms with van der Waals surface area (Å²) in [6, 6.07) is 24.7. The number of hydrogen-bond donors (Lipinski definition) is 0. The third-order valence-corrected chi connectivity index (χ3v) is 5.19. The third-order valence-electron chi connectivity index (χ3n) is 5.19. The van der Waals surface area contributed by atoms with Crippen LogP contribution in [0.3, 0.4) is 0 Å². The van der Waals surface area contributed by atoms with Crippen molar-refractivity contribution in [1.82, 2.24) is 4.90 Å². The maximum atomic E-state index is 12.9. The van der Waals surface area contributed by atoms with Crippen LogP contribution in [-0.2, 0) is 16.1 Å². The molecule has 0 saturated carbocycles. The van der Waals surface area contributed by atoms with E-state index >= 15 is 0 Å². The standard InChI is InChI=1S/C28H31NO5/c1-4-32-27(30)18-17-25(22-13-9-6-10-14-22)34-26-19-23(15-16-24(26)28(31)29(2)3)33-20-21-11-7-5-8-12-21/h5-16,19,25H,4,17-18,20H2,1-3H3. The summed E-state index contributed by atoms with van der Waals surface area (Å²) < 4.78 is 17.4. The van der Waals surface area contributed by atoms with E-state index in [0.29, 0.717) is 36.7 Å². The highest BCUT2D eigenvalue weighted by atomic mass is 16.5. The lowest BCUT2D eigenvalue weighted by Gasteiger charge is -2.23. The van der Waals surface area contributed by atoms with Gasteiger partial charge in [-0.1, -0.05) is 60.7 Å². The second kappa shape index (κ2) is 12.4. The van der Waals surface area contributed by atoms with Crippen molar-refractivity contribution in [2.24, 2.45) is 0 Å². The Hall–Kier alpha value is -3.80. The number of rotatable bonds is 11. The van der Waals surface area contributed by atoms with Crippen LogP contribution >= 0.6 is 0 Å². The number of carbonyl (C=O) groups is 2. The van der Waals surface area contributed by atoms with E-state index in [2.05, 4.69) is 0 Å². The number of benzene rings is 3. The molecule has 1 amide bonds. The molecule has 0 aromatic heterocycles. The molecule has 1 atom stereocenters. The molecule has 34 heavy (non-hydrogen) atoms. The Kier molecular flexibility index (Phi) is 9.09. The molecule has 6 nitrogen and oxygen atoms in total. The van der Waals surface area contributed by atoms with E-state index in [4.69, 9.17) is 14.2 Å². The summed E-state index contributed by atoms with van der Waals surface area (Å²) >= 11 is 0. The van der Waals surface area contributed by atoms with Gasteiger partial charge in [-0.3, -0.25) is 9.59 Å². The van der Waals surface area contributed by atoms with Crippen LogP contribution in [0.1, 0.15) is 47.4 Å². The molecule has 0 aliphatic heterocycles. The molecule has 0 bridgehead atoms. The number of nitrogens with zero attached hydrogens (tertiary/aromatic N) is 1. The minimum absolute atomic E-state index is 0.179. The van der Waals surface area contributed by atoms with Gasteiger partial charge in [0.15, 0.2) is 0 Å². The third kappa shape index (κ3) is 7.10. The Bertz CT molecular complexity index is 1070. The monoisotopic (exact) mass is 461 g/mol. The van der Waals surface area contributed by atoms with Crippen molar-refractivity contribution in [1.29, 1.82) is 0 Å². The largest absolute Gasteiger partial charge is 0.489 e. The zero-order valence-corrected chi connectivity index (χ0v) is 19.9. The summed E-state index contributed by atoms with van der Waals surface area (Å²) in [7, 11) is 3.39. The van der Waals surface area contributed by atoms with Crippen molar-refractivity contribution in [2.75, 3.05) is 20.7 Å². The fourth-order valence-electron chi connectivity index (χ4n) is 3.45. The number of ether oxygens (including phenoxy) is 3. The van der Waals surface area contributed by atoms with Crippen LogP contribution in [0.15, 0.2) is 78.9 Å². The molecule has 178 valence electrons. The van der Waals surface area contributed by atoms with Crippen LogP contribution < -0.4 is 9.47 Å². The Morgan fingerprint density at radius 2 is 1.59 bits per heavy atom. The highest BCUT2D eigenvalue weighted by molar-refractivity contribution is 5.96. The first-order chi connectivity index (χ1) is 16.5. The summed E-state index contributed by atoms with van der Waals surface area (Å²) in [4.78, 5) is 26.4. The summed E-state index contributed by atoms with van der Waals surface area (Å²) in [6.45, 7) is 2.51. The van der Waals surface area contributed by atoms with Crippen LogP contribution in [-0.4, -0.2) is 37.5 Å². The zero-order valence-electron chi connectivity index (χ0n) is 19.9. The number of hydrogen-bond acceptors (Lipinski definition) is 5. The summed E-state index contributed by atoms with van der Waals surface area (Å²) in [5, 5.41) is 0. The molecule has 0 heterocycles. The van der Waals surface area contributed by atoms with Gasteiger partial charge in [-0.05, 0) is 36.6 Å². The molecule has 6 heteroatoms. The van der Waals surface area contributed by atoms with Crippen molar-refractivity contribution in [3.63, 3.8) is 0 Å². The maximum absolute atomic E-state index is 12.9. The van der Waals surface area contributed by atoms with Crippen LogP contribution in [0, 0.1) is 0 Å². The molecule has 3 rings (SSSR count). The van der Waals surface area contributed by atoms with Gasteiger partial charge >= 0.3 is 5.97 Å². The SMILES string of the molecule is CCOC(=O)CCC(Oc1cc(OCc2ccccc2)ccc1C(=O)N(C)C)c1ccccc1. The fraction of sp³-hybridized carbons (Fsp3) is 0.286. The van der Waals surface area contributed by atoms with Crippen LogP contribution in [0.4, 0.5) is 0 Å². The minimum Gasteiger partial charge on any atom is -0.489 e. The second-order valence-corrected chi connectivity index (χ2v) is 7.99. The topological polar surface area (TPSA) is 65.1 Å². The van der Waals surface area contributed by atoms with Crippen LogP contribution in [0.5, 0.6) is 11.5 Å². The van der Waals surface area contributed by atoms with Crippen molar-refractivity contribution in [3.05, 3.63) is 95.6 Å². The average Bonchev–Trinajstić information content (AvgIpc) is 2.86. The molecule has 0 N–H and O–H groups in total. The summed E-state index contributed by atoms with van der Waals surface area (Å²) in [5.41, 5.74) is 2.37. The molecule has 3 aromatic rings. The molecule has 0 spiro atoms. The molecular formula is C28H31NO5. The molecule has 0 fully saturated rings. The minimum atomic E-state index is -0.441. The Morgan fingerprint density at radius 1 is 0.912 bits per heavy atom. The Balaban J connectivity index is 1.88. The van der Waals surface area contributed by atoms with E-state index in [-0.39, 0.29) is 18.3 Å². The molecule has 1 unspecified atom stereocenters. The van der Waals surface area contributed by atoms with Gasteiger partial charge < -0.3 is 19.1 Å². The van der Waals surface area contributed by atoms with E-state index < -0.39 is 6.10 Å². The highest BCUT2D eigenvalue weighted by Crippen LogP contribution is 2.32. The van der Waals surface area contributed by atoms with Crippen molar-refractivity contribution in [2.45, 2.75) is 32.5 Å². The molecular weight excluding hydrogens is 430 g/mol. The van der Waals surface area contributed by atoms with Gasteiger partial charge in [-0.25, -0.2) is 0 Å². The van der Waals surface area contributed by atoms with Gasteiger partial charge in [-0.2, -0.15) is 0 Å². The molecule has 3 aromatic carbocycles. The summed E-state index contributed by atoms with van der Waals surface area (Å²) in [5.74, 6) is 0.534.